The molecule has 24 heavy (non-hydrogen) atoms. The zero-order valence-corrected chi connectivity index (χ0v) is 14.5. The molecule has 0 bridgehead atoms. The number of carbonyl (C=O) groups excluding carboxylic acids is 2. The number of hydrogen-bond acceptors (Lipinski definition) is 4. The Morgan fingerprint density at radius 2 is 1.88 bits per heavy atom. The van der Waals surface area contributed by atoms with Crippen LogP contribution in [0.5, 0.6) is 0 Å². The Morgan fingerprint density at radius 1 is 1.12 bits per heavy atom. The Hall–Kier alpha value is -2.18. The lowest BCUT2D eigenvalue weighted by molar-refractivity contribution is 0.0644. The topological polar surface area (TPSA) is 52.6 Å². The zero-order valence-electron chi connectivity index (χ0n) is 13.7. The summed E-state index contributed by atoms with van der Waals surface area (Å²) >= 11 is 1.47. The Morgan fingerprint density at radius 3 is 2.54 bits per heavy atom. The largest absolute Gasteiger partial charge is 0.336 e. The molecule has 2 amide bonds. The lowest BCUT2D eigenvalue weighted by Gasteiger charge is -2.34. The third-order valence-corrected chi connectivity index (χ3v) is 4.98. The molecule has 0 saturated carbocycles. The van der Waals surface area contributed by atoms with Gasteiger partial charge in [-0.15, -0.1) is 0 Å². The van der Waals surface area contributed by atoms with Gasteiger partial charge in [-0.1, -0.05) is 19.1 Å². The van der Waals surface area contributed by atoms with Crippen molar-refractivity contribution >= 4 is 28.8 Å². The average molecular weight is 343 g/mol. The summed E-state index contributed by atoms with van der Waals surface area (Å²) in [5.74, 6) is -0.209. The summed E-state index contributed by atoms with van der Waals surface area (Å²) < 4.78 is 0. The second kappa shape index (κ2) is 7.59. The van der Waals surface area contributed by atoms with Crippen molar-refractivity contribution in [2.24, 2.45) is 0 Å². The van der Waals surface area contributed by atoms with Gasteiger partial charge in [-0.3, -0.25) is 9.59 Å². The molecule has 2 aromatic rings. The molecule has 1 aliphatic rings. The van der Waals surface area contributed by atoms with Crippen LogP contribution in [0.15, 0.2) is 41.1 Å². The predicted molar refractivity (Wildman–Crippen MR) is 96.7 cm³/mol. The molecule has 0 atom stereocenters. The van der Waals surface area contributed by atoms with E-state index in [1.165, 1.54) is 11.3 Å². The second-order valence-corrected chi connectivity index (χ2v) is 6.52. The number of carbonyl (C=O) groups is 2. The summed E-state index contributed by atoms with van der Waals surface area (Å²) in [6, 6.07) is 8.98. The molecule has 1 aromatic carbocycles. The van der Waals surface area contributed by atoms with Gasteiger partial charge in [0.2, 0.25) is 0 Å². The summed E-state index contributed by atoms with van der Waals surface area (Å²) in [4.78, 5) is 29.3. The van der Waals surface area contributed by atoms with Crippen LogP contribution in [-0.4, -0.2) is 54.3 Å². The number of para-hydroxylation sites is 1. The number of piperazine rings is 1. The fourth-order valence-electron chi connectivity index (χ4n) is 2.80. The molecule has 0 radical (unpaired) electrons. The molecule has 5 nitrogen and oxygen atoms in total. The molecule has 1 saturated heterocycles. The number of hydrogen-bond donors (Lipinski definition) is 1. The van der Waals surface area contributed by atoms with E-state index in [4.69, 9.17) is 0 Å². The van der Waals surface area contributed by atoms with E-state index in [-0.39, 0.29) is 11.8 Å². The fraction of sp³-hybridized carbons (Fsp3) is 0.333. The van der Waals surface area contributed by atoms with E-state index >= 15 is 0 Å². The average Bonchev–Trinajstić information content (AvgIpc) is 3.16. The molecule has 0 aliphatic carbocycles. The number of likely N-dealkylation sites (N-methyl/N-ethyl adjacent to an activating group) is 1. The first-order valence-corrected chi connectivity index (χ1v) is 9.07. The predicted octanol–water partition coefficient (Wildman–Crippen LogP) is 2.78. The summed E-state index contributed by atoms with van der Waals surface area (Å²) in [7, 11) is 0. The monoisotopic (exact) mass is 343 g/mol. The van der Waals surface area contributed by atoms with Crippen LogP contribution in [0.2, 0.25) is 0 Å². The molecule has 0 spiro atoms. The van der Waals surface area contributed by atoms with Crippen LogP contribution in [0, 0.1) is 0 Å². The highest BCUT2D eigenvalue weighted by atomic mass is 32.1. The van der Waals surface area contributed by atoms with Gasteiger partial charge in [-0.05, 0) is 30.1 Å². The molecule has 1 fully saturated rings. The highest BCUT2D eigenvalue weighted by Crippen LogP contribution is 2.20. The van der Waals surface area contributed by atoms with E-state index in [2.05, 4.69) is 17.1 Å². The van der Waals surface area contributed by atoms with Crippen molar-refractivity contribution in [3.05, 3.63) is 52.2 Å². The molecule has 1 aliphatic heterocycles. The van der Waals surface area contributed by atoms with E-state index in [1.807, 2.05) is 22.4 Å². The number of benzene rings is 1. The van der Waals surface area contributed by atoms with Gasteiger partial charge < -0.3 is 15.1 Å². The maximum Gasteiger partial charge on any atom is 0.256 e. The molecule has 1 aromatic heterocycles. The van der Waals surface area contributed by atoms with Gasteiger partial charge >= 0.3 is 0 Å². The molecule has 6 heteroatoms. The number of nitrogens with zero attached hydrogens (tertiary/aromatic N) is 2. The minimum Gasteiger partial charge on any atom is -0.336 e. The van der Waals surface area contributed by atoms with Crippen LogP contribution in [0.1, 0.15) is 27.6 Å². The van der Waals surface area contributed by atoms with Crippen LogP contribution in [0.25, 0.3) is 0 Å². The Bertz CT molecular complexity index is 707. The zero-order chi connectivity index (χ0) is 16.9. The number of amides is 2. The number of nitrogens with one attached hydrogen (secondary N) is 1. The van der Waals surface area contributed by atoms with Crippen LogP contribution < -0.4 is 5.32 Å². The van der Waals surface area contributed by atoms with Gasteiger partial charge in [-0.2, -0.15) is 11.3 Å². The minimum absolute atomic E-state index is 0.0213. The molecule has 126 valence electrons. The van der Waals surface area contributed by atoms with E-state index in [9.17, 15) is 9.59 Å². The van der Waals surface area contributed by atoms with Crippen molar-refractivity contribution < 1.29 is 9.59 Å². The van der Waals surface area contributed by atoms with Crippen LogP contribution in [-0.2, 0) is 0 Å². The van der Waals surface area contributed by atoms with E-state index in [0.717, 1.165) is 32.7 Å². The van der Waals surface area contributed by atoms with Crippen molar-refractivity contribution in [1.29, 1.82) is 0 Å². The lowest BCUT2D eigenvalue weighted by atomic mass is 10.1. The van der Waals surface area contributed by atoms with Crippen molar-refractivity contribution in [3.8, 4) is 0 Å². The first-order valence-electron chi connectivity index (χ1n) is 8.13. The Kier molecular flexibility index (Phi) is 5.27. The fourth-order valence-corrected chi connectivity index (χ4v) is 3.44. The van der Waals surface area contributed by atoms with Crippen molar-refractivity contribution in [1.82, 2.24) is 9.80 Å². The van der Waals surface area contributed by atoms with Crippen molar-refractivity contribution in [3.63, 3.8) is 0 Å². The van der Waals surface area contributed by atoms with Crippen molar-refractivity contribution in [2.75, 3.05) is 38.0 Å². The first kappa shape index (κ1) is 16.7. The quantitative estimate of drug-likeness (QED) is 0.929. The molecule has 1 N–H and O–H groups in total. The van der Waals surface area contributed by atoms with Gasteiger partial charge in [0, 0.05) is 31.6 Å². The standard InChI is InChI=1S/C18H21N3O2S/c1-2-20-8-10-21(11-9-20)18(23)15-5-3-4-6-16(15)19-17(22)14-7-12-24-13-14/h3-7,12-13H,2,8-11H2,1H3,(H,19,22). The molecule has 0 unspecified atom stereocenters. The second-order valence-electron chi connectivity index (χ2n) is 5.74. The smallest absolute Gasteiger partial charge is 0.256 e. The van der Waals surface area contributed by atoms with Gasteiger partial charge in [0.25, 0.3) is 11.8 Å². The van der Waals surface area contributed by atoms with E-state index in [0.29, 0.717) is 16.8 Å². The van der Waals surface area contributed by atoms with Gasteiger partial charge in [0.05, 0.1) is 16.8 Å². The van der Waals surface area contributed by atoms with Gasteiger partial charge in [0.1, 0.15) is 0 Å². The summed E-state index contributed by atoms with van der Waals surface area (Å²) in [6.07, 6.45) is 0. The third kappa shape index (κ3) is 3.66. The number of rotatable bonds is 4. The molecular formula is C18H21N3O2S. The number of thiophene rings is 1. The van der Waals surface area contributed by atoms with Gasteiger partial charge in [-0.25, -0.2) is 0 Å². The Balaban J connectivity index is 1.74. The van der Waals surface area contributed by atoms with Crippen LogP contribution >= 0.6 is 11.3 Å². The summed E-state index contributed by atoms with van der Waals surface area (Å²) in [5, 5.41) is 6.52. The van der Waals surface area contributed by atoms with Gasteiger partial charge in [0.15, 0.2) is 0 Å². The minimum atomic E-state index is -0.188. The molecule has 2 heterocycles. The maximum absolute atomic E-state index is 12.8. The van der Waals surface area contributed by atoms with Crippen molar-refractivity contribution in [2.45, 2.75) is 6.92 Å². The number of anilines is 1. The lowest BCUT2D eigenvalue weighted by Crippen LogP contribution is -2.48. The van der Waals surface area contributed by atoms with E-state index in [1.54, 1.807) is 23.6 Å². The third-order valence-electron chi connectivity index (χ3n) is 4.30. The summed E-state index contributed by atoms with van der Waals surface area (Å²) in [5.41, 5.74) is 1.72. The Labute approximate surface area is 145 Å². The highest BCUT2D eigenvalue weighted by Gasteiger charge is 2.23. The molecular weight excluding hydrogens is 322 g/mol. The normalized spacial score (nSPS) is 15.3. The van der Waals surface area contributed by atoms with E-state index < -0.39 is 0 Å². The summed E-state index contributed by atoms with van der Waals surface area (Å²) in [6.45, 7) is 6.37. The first-order chi connectivity index (χ1) is 11.7. The highest BCUT2D eigenvalue weighted by molar-refractivity contribution is 7.08. The maximum atomic E-state index is 12.8. The van der Waals surface area contributed by atoms with Crippen LogP contribution in [0.3, 0.4) is 0 Å². The SMILES string of the molecule is CCN1CCN(C(=O)c2ccccc2NC(=O)c2ccsc2)CC1. The van der Waals surface area contributed by atoms with Crippen LogP contribution in [0.4, 0.5) is 5.69 Å². The molecule has 3 rings (SSSR count).